The fourth-order valence-electron chi connectivity index (χ4n) is 1.23. The van der Waals surface area contributed by atoms with Crippen molar-refractivity contribution in [2.24, 2.45) is 5.73 Å². The number of ether oxygens (including phenoxy) is 2. The van der Waals surface area contributed by atoms with Crippen LogP contribution in [0.1, 0.15) is 25.2 Å². The first-order valence-electron chi connectivity index (χ1n) is 5.47. The van der Waals surface area contributed by atoms with Crippen LogP contribution in [0, 0.1) is 12.3 Å². The van der Waals surface area contributed by atoms with E-state index in [1.807, 2.05) is 13.8 Å². The summed E-state index contributed by atoms with van der Waals surface area (Å²) in [4.78, 5) is 8.17. The molecule has 0 aliphatic heterocycles. The molecular formula is C11H18N4O2. The van der Waals surface area contributed by atoms with Gasteiger partial charge in [0.05, 0.1) is 6.61 Å². The number of aromatic nitrogens is 2. The largest absolute Gasteiger partial charge is 0.458 e. The molecule has 1 aromatic rings. The molecule has 0 saturated heterocycles. The summed E-state index contributed by atoms with van der Waals surface area (Å²) in [7, 11) is 0. The van der Waals surface area contributed by atoms with Crippen LogP contribution in [0.25, 0.3) is 0 Å². The Kier molecular flexibility index (Phi) is 4.84. The number of nitrogens with two attached hydrogens (primary N) is 1. The van der Waals surface area contributed by atoms with E-state index in [9.17, 15) is 0 Å². The normalized spacial score (nSPS) is 12.2. The van der Waals surface area contributed by atoms with Gasteiger partial charge in [-0.2, -0.15) is 4.98 Å². The van der Waals surface area contributed by atoms with Gasteiger partial charge in [0.15, 0.2) is 0 Å². The summed E-state index contributed by atoms with van der Waals surface area (Å²) in [5.74, 6) is -0.0992. The second kappa shape index (κ2) is 6.15. The zero-order valence-corrected chi connectivity index (χ0v) is 10.4. The van der Waals surface area contributed by atoms with Crippen molar-refractivity contribution in [3.05, 3.63) is 17.5 Å². The van der Waals surface area contributed by atoms with Crippen LogP contribution in [0.4, 0.5) is 0 Å². The van der Waals surface area contributed by atoms with E-state index in [0.717, 1.165) is 0 Å². The van der Waals surface area contributed by atoms with E-state index in [2.05, 4.69) is 9.97 Å². The summed E-state index contributed by atoms with van der Waals surface area (Å²) in [6.45, 7) is 6.71. The van der Waals surface area contributed by atoms with Gasteiger partial charge in [-0.25, -0.2) is 4.98 Å². The first-order valence-corrected chi connectivity index (χ1v) is 5.47. The van der Waals surface area contributed by atoms with Crippen molar-refractivity contribution >= 4 is 5.84 Å². The van der Waals surface area contributed by atoms with E-state index < -0.39 is 0 Å². The summed E-state index contributed by atoms with van der Waals surface area (Å²) < 4.78 is 10.7. The minimum atomic E-state index is -0.142. The van der Waals surface area contributed by atoms with Gasteiger partial charge in [0.2, 0.25) is 0 Å². The highest BCUT2D eigenvalue weighted by Crippen LogP contribution is 2.08. The monoisotopic (exact) mass is 238 g/mol. The SMILES string of the molecule is CCOCC(C)Oc1nc(C)cc(C(=N)N)n1. The van der Waals surface area contributed by atoms with Crippen LogP contribution in [-0.2, 0) is 4.74 Å². The molecule has 0 aromatic carbocycles. The molecule has 1 unspecified atom stereocenters. The van der Waals surface area contributed by atoms with Gasteiger partial charge in [-0.05, 0) is 26.8 Å². The standard InChI is InChI=1S/C11H18N4O2/c1-4-16-6-8(3)17-11-14-7(2)5-9(15-11)10(12)13/h5,8H,4,6H2,1-3H3,(H3,12,13). The van der Waals surface area contributed by atoms with E-state index in [4.69, 9.17) is 20.6 Å². The summed E-state index contributed by atoms with van der Waals surface area (Å²) in [5, 5.41) is 7.33. The van der Waals surface area contributed by atoms with Crippen molar-refractivity contribution in [1.82, 2.24) is 9.97 Å². The minimum absolute atomic E-state index is 0.0992. The number of hydrogen-bond acceptors (Lipinski definition) is 5. The van der Waals surface area contributed by atoms with Gasteiger partial charge in [0.25, 0.3) is 0 Å². The topological polar surface area (TPSA) is 94.1 Å². The maximum atomic E-state index is 7.33. The van der Waals surface area contributed by atoms with Crippen LogP contribution in [0.3, 0.4) is 0 Å². The summed E-state index contributed by atoms with van der Waals surface area (Å²) in [6.07, 6.45) is -0.142. The molecule has 1 aromatic heterocycles. The predicted molar refractivity (Wildman–Crippen MR) is 64.4 cm³/mol. The lowest BCUT2D eigenvalue weighted by atomic mass is 10.3. The maximum Gasteiger partial charge on any atom is 0.317 e. The molecule has 6 heteroatoms. The molecule has 0 radical (unpaired) electrons. The van der Waals surface area contributed by atoms with Crippen LogP contribution in [0.15, 0.2) is 6.07 Å². The fourth-order valence-corrected chi connectivity index (χ4v) is 1.23. The molecule has 1 heterocycles. The van der Waals surface area contributed by atoms with Gasteiger partial charge in [0.1, 0.15) is 17.6 Å². The highest BCUT2D eigenvalue weighted by atomic mass is 16.5. The van der Waals surface area contributed by atoms with Gasteiger partial charge in [-0.15, -0.1) is 0 Å². The van der Waals surface area contributed by atoms with Crippen LogP contribution in [0.5, 0.6) is 6.01 Å². The average Bonchev–Trinajstić information content (AvgIpc) is 2.25. The number of amidine groups is 1. The Bertz CT molecular complexity index is 395. The molecule has 1 rings (SSSR count). The first kappa shape index (κ1) is 13.4. The van der Waals surface area contributed by atoms with Crippen molar-refractivity contribution in [3.63, 3.8) is 0 Å². The number of rotatable bonds is 6. The smallest absolute Gasteiger partial charge is 0.317 e. The fraction of sp³-hybridized carbons (Fsp3) is 0.545. The second-order valence-corrected chi connectivity index (χ2v) is 3.68. The number of aryl methyl sites for hydroxylation is 1. The van der Waals surface area contributed by atoms with Crippen LogP contribution < -0.4 is 10.5 Å². The van der Waals surface area contributed by atoms with E-state index in [-0.39, 0.29) is 18.0 Å². The predicted octanol–water partition coefficient (Wildman–Crippen LogP) is 0.873. The zero-order valence-electron chi connectivity index (χ0n) is 10.4. The molecular weight excluding hydrogens is 220 g/mol. The van der Waals surface area contributed by atoms with Gasteiger partial charge in [-0.1, -0.05) is 0 Å². The second-order valence-electron chi connectivity index (χ2n) is 3.68. The molecule has 0 bridgehead atoms. The molecule has 3 N–H and O–H groups in total. The van der Waals surface area contributed by atoms with E-state index in [1.54, 1.807) is 13.0 Å². The molecule has 0 aliphatic rings. The Hall–Kier alpha value is -1.69. The summed E-state index contributed by atoms with van der Waals surface area (Å²) >= 11 is 0. The minimum Gasteiger partial charge on any atom is -0.458 e. The number of nitrogen functional groups attached to an aromatic ring is 1. The zero-order chi connectivity index (χ0) is 12.8. The van der Waals surface area contributed by atoms with Gasteiger partial charge < -0.3 is 15.2 Å². The Labute approximate surface area is 101 Å². The van der Waals surface area contributed by atoms with Crippen LogP contribution in [0.2, 0.25) is 0 Å². The summed E-state index contributed by atoms with van der Waals surface area (Å²) in [5.41, 5.74) is 6.46. The van der Waals surface area contributed by atoms with Crippen molar-refractivity contribution in [2.45, 2.75) is 26.9 Å². The number of nitrogens with zero attached hydrogens (tertiary/aromatic N) is 2. The molecule has 0 amide bonds. The Morgan fingerprint density at radius 1 is 1.53 bits per heavy atom. The summed E-state index contributed by atoms with van der Waals surface area (Å²) in [6, 6.07) is 1.87. The number of hydrogen-bond donors (Lipinski definition) is 2. The third kappa shape index (κ3) is 4.36. The maximum absolute atomic E-state index is 7.33. The molecule has 0 spiro atoms. The Morgan fingerprint density at radius 3 is 2.82 bits per heavy atom. The van der Waals surface area contributed by atoms with E-state index in [0.29, 0.717) is 24.6 Å². The van der Waals surface area contributed by atoms with Gasteiger partial charge in [-0.3, -0.25) is 5.41 Å². The Balaban J connectivity index is 2.73. The molecule has 0 saturated carbocycles. The average molecular weight is 238 g/mol. The van der Waals surface area contributed by atoms with Crippen molar-refractivity contribution in [1.29, 1.82) is 5.41 Å². The number of nitrogens with one attached hydrogen (secondary N) is 1. The quantitative estimate of drug-likeness (QED) is 0.566. The third-order valence-electron chi connectivity index (χ3n) is 1.97. The van der Waals surface area contributed by atoms with Crippen LogP contribution in [-0.4, -0.2) is 35.1 Å². The highest BCUT2D eigenvalue weighted by molar-refractivity contribution is 5.93. The van der Waals surface area contributed by atoms with E-state index >= 15 is 0 Å². The molecule has 6 nitrogen and oxygen atoms in total. The van der Waals surface area contributed by atoms with Gasteiger partial charge in [0, 0.05) is 12.3 Å². The lowest BCUT2D eigenvalue weighted by molar-refractivity contribution is 0.0606. The molecule has 1 atom stereocenters. The Morgan fingerprint density at radius 2 is 2.24 bits per heavy atom. The molecule has 0 aliphatic carbocycles. The van der Waals surface area contributed by atoms with Crippen molar-refractivity contribution in [2.75, 3.05) is 13.2 Å². The molecule has 17 heavy (non-hydrogen) atoms. The lowest BCUT2D eigenvalue weighted by Crippen LogP contribution is -2.22. The van der Waals surface area contributed by atoms with Gasteiger partial charge >= 0.3 is 6.01 Å². The lowest BCUT2D eigenvalue weighted by Gasteiger charge is -2.13. The van der Waals surface area contributed by atoms with Crippen molar-refractivity contribution in [3.8, 4) is 6.01 Å². The first-order chi connectivity index (χ1) is 8.02. The van der Waals surface area contributed by atoms with Crippen LogP contribution >= 0.6 is 0 Å². The molecule has 94 valence electrons. The molecule has 0 fully saturated rings. The van der Waals surface area contributed by atoms with E-state index in [1.165, 1.54) is 0 Å². The van der Waals surface area contributed by atoms with Crippen molar-refractivity contribution < 1.29 is 9.47 Å². The highest BCUT2D eigenvalue weighted by Gasteiger charge is 2.09. The third-order valence-corrected chi connectivity index (χ3v) is 1.97.